The summed E-state index contributed by atoms with van der Waals surface area (Å²) in [7, 11) is 7.39. The van der Waals surface area contributed by atoms with Crippen LogP contribution in [0, 0.1) is 34.5 Å². The second-order valence-corrected chi connectivity index (χ2v) is 25.1. The molecule has 419 valence electrons. The Morgan fingerprint density at radius 1 is 1.14 bits per heavy atom. The van der Waals surface area contributed by atoms with Gasteiger partial charge in [-0.2, -0.15) is 10.2 Å². The number of anilines is 2. The molecule has 3 radical (unpaired) electrons. The van der Waals surface area contributed by atoms with Crippen molar-refractivity contribution < 1.29 is 33.2 Å². The van der Waals surface area contributed by atoms with Gasteiger partial charge in [0.05, 0.1) is 65.9 Å². The highest BCUT2D eigenvalue weighted by atomic mass is 32.1. The lowest BCUT2D eigenvalue weighted by molar-refractivity contribution is -0.766. The van der Waals surface area contributed by atoms with Gasteiger partial charge in [-0.1, -0.05) is 59.5 Å². The number of amides is 2. The normalized spacial score (nSPS) is 24.4. The maximum absolute atomic E-state index is 14.9. The number of piperidine rings is 1. The number of thiazole rings is 1. The van der Waals surface area contributed by atoms with Crippen LogP contribution in [0.25, 0.3) is 22.0 Å². The monoisotopic (exact) mass is 1140 g/mol. The van der Waals surface area contributed by atoms with Crippen molar-refractivity contribution in [3.63, 3.8) is 0 Å². The average Bonchev–Trinajstić information content (AvgIpc) is 4.14. The summed E-state index contributed by atoms with van der Waals surface area (Å²) < 4.78 is 13.2. The molecule has 7 heterocycles. The van der Waals surface area contributed by atoms with Crippen molar-refractivity contribution in [3.05, 3.63) is 81.4 Å². The molecule has 2 unspecified atom stereocenters. The number of aryl methyl sites for hydroxylation is 1. The number of aliphatic hydroxyl groups excluding tert-OH is 2. The van der Waals surface area contributed by atoms with E-state index in [1.807, 2.05) is 52.1 Å². The van der Waals surface area contributed by atoms with Crippen LogP contribution in [0.4, 0.5) is 10.9 Å². The number of aromatic nitrogens is 8. The maximum atomic E-state index is 14.9. The first-order valence-corrected chi connectivity index (χ1v) is 29.6. The molecule has 2 aliphatic heterocycles. The number of nitrogens with two attached hydrogens (primary N) is 1. The summed E-state index contributed by atoms with van der Waals surface area (Å²) in [4.78, 5) is 56.7. The molecule has 0 bridgehead atoms. The van der Waals surface area contributed by atoms with Gasteiger partial charge in [-0.25, -0.2) is 24.4 Å². The van der Waals surface area contributed by atoms with E-state index in [1.165, 1.54) is 22.7 Å². The molecule has 8 atom stereocenters. The van der Waals surface area contributed by atoms with Crippen LogP contribution in [-0.2, 0) is 21.4 Å². The fraction of sp³-hybridized carbons (Fsp3) is 0.536. The molecule has 2 saturated heterocycles. The Morgan fingerprint density at radius 2 is 1.95 bits per heavy atom. The number of rotatable bonds is 18. The van der Waals surface area contributed by atoms with Gasteiger partial charge < -0.3 is 49.4 Å². The van der Waals surface area contributed by atoms with E-state index in [0.29, 0.717) is 65.1 Å². The number of nitriles is 1. The topological polar surface area (TPSA) is 264 Å². The molecule has 4 aliphatic rings. The summed E-state index contributed by atoms with van der Waals surface area (Å²) in [6.45, 7) is 12.3. The molecule has 3 fully saturated rings. The van der Waals surface area contributed by atoms with Crippen LogP contribution < -0.4 is 20.7 Å². The van der Waals surface area contributed by atoms with Gasteiger partial charge in [0.2, 0.25) is 23.6 Å². The number of hydrogen-bond donors (Lipinski definition) is 4. The molecule has 10 rings (SSSR count). The molecular weight excluding hydrogens is 1070 g/mol. The number of ether oxygens (including phenoxy) is 1. The highest BCUT2D eigenvalue weighted by Crippen LogP contribution is 2.60. The van der Waals surface area contributed by atoms with Crippen LogP contribution in [-0.4, -0.2) is 171 Å². The van der Waals surface area contributed by atoms with E-state index in [9.17, 15) is 25.1 Å². The van der Waals surface area contributed by atoms with Gasteiger partial charge in [0.25, 0.3) is 5.88 Å². The number of hydrogen-bond acceptors (Lipinski definition) is 20. The molecule has 1 aromatic carbocycles. The second-order valence-electron chi connectivity index (χ2n) is 22.3. The molecule has 80 heavy (non-hydrogen) atoms. The third-order valence-electron chi connectivity index (χ3n) is 16.5. The van der Waals surface area contributed by atoms with Crippen molar-refractivity contribution in [2.45, 2.75) is 115 Å². The smallest absolute Gasteiger partial charge is 0.458 e. The number of fused-ring (bicyclic) bond motifs is 2. The van der Waals surface area contributed by atoms with Crippen LogP contribution in [0.3, 0.4) is 0 Å². The summed E-state index contributed by atoms with van der Waals surface area (Å²) in [6, 6.07) is 10.1. The Morgan fingerprint density at radius 3 is 2.71 bits per heavy atom. The predicted molar refractivity (Wildman–Crippen MR) is 303 cm³/mol. The quantitative estimate of drug-likeness (QED) is 0.0497. The standard InChI is InChI=1S/C56H69N15O6S2Si/c1-34(2)47(51(74)71(80)31-38(73)26-56(27-44(56)71)53(75)67(6)42(32-72)36-14-16-37(17-15-36)48-40(61-33-78-48)12-10-20-59-5)70-30-45(64-66-70)76-25-8-7-22-68-23-11-24-69(35(3)29-68)54-60-21-18-41(62-54)50-63-52(77-65-50)55(4)19-9-13-43-46(55)39(28-57)49(58)79-43/h14-18,21,30,33-35,38,42,44,47,59,72-73H,7-9,11,13,19-20,22-27,29,31-32,58H2,1-6H3/q+1/t35-,38+,42-,44?,47-,55-,56-,71?/m0/s1. The molecule has 6 aromatic rings. The van der Waals surface area contributed by atoms with Crippen molar-refractivity contribution in [3.8, 4) is 45.7 Å². The number of likely N-dealkylation sites (N-methyl/N-ethyl adjacent to an activating group) is 1. The molecule has 2 aliphatic carbocycles. The number of unbranched alkanes of at least 4 members (excludes halogenated alkanes) is 1. The van der Waals surface area contributed by atoms with E-state index in [0.717, 1.165) is 91.1 Å². The fourth-order valence-corrected chi connectivity index (χ4v) is 15.0. The van der Waals surface area contributed by atoms with Gasteiger partial charge in [-0.15, -0.1) is 22.7 Å². The SMILES string of the molecule is CNCC#Cc1ncsc1-c1ccc([C@H](CO)N(C)C(=O)[C@@]23CC2[N+]([Si])(C(=O)[C@H](C(C)C)n2cc(OCCCCN4CCCN(c5nccc(-c6noc([C@@]7(C)CCCc8sc(N)c(C#N)c87)n6)n5)[C@@H](C)C4)nn2)C[C@H](O)C3)cc1. The molecule has 0 spiro atoms. The summed E-state index contributed by atoms with van der Waals surface area (Å²) >= 11 is 2.97. The Labute approximate surface area is 477 Å². The largest absolute Gasteiger partial charge is 0.475 e. The highest BCUT2D eigenvalue weighted by Gasteiger charge is 2.75. The van der Waals surface area contributed by atoms with Crippen LogP contribution in [0.1, 0.15) is 118 Å². The number of quaternary nitrogens is 1. The number of thiophene rings is 1. The summed E-state index contributed by atoms with van der Waals surface area (Å²) in [5.41, 5.74) is 10.7. The minimum atomic E-state index is -1.02. The first-order valence-electron chi connectivity index (χ1n) is 27.5. The van der Waals surface area contributed by atoms with Gasteiger partial charge in [0.15, 0.2) is 6.04 Å². The first-order chi connectivity index (χ1) is 38.5. The van der Waals surface area contributed by atoms with Gasteiger partial charge in [-0.05, 0) is 108 Å². The maximum Gasteiger partial charge on any atom is 0.458 e. The zero-order valence-electron chi connectivity index (χ0n) is 46.1. The Hall–Kier alpha value is -6.48. The zero-order valence-corrected chi connectivity index (χ0v) is 48.8. The van der Waals surface area contributed by atoms with Gasteiger partial charge in [0.1, 0.15) is 34.0 Å². The number of nitrogens with zero attached hydrogens (tertiary/aromatic N) is 13. The Balaban J connectivity index is 0.717. The molecule has 21 nitrogen and oxygen atoms in total. The first kappa shape index (κ1) is 56.8. The minimum absolute atomic E-state index is 0.0854. The van der Waals surface area contributed by atoms with Gasteiger partial charge in [-0.3, -0.25) is 4.79 Å². The minimum Gasteiger partial charge on any atom is -0.475 e. The number of aliphatic hydroxyl groups is 2. The third-order valence-corrected chi connectivity index (χ3v) is 19.2. The number of benzene rings is 1. The van der Waals surface area contributed by atoms with E-state index in [2.05, 4.69) is 75.8 Å². The summed E-state index contributed by atoms with van der Waals surface area (Å²) in [6.07, 6.45) is 8.20. The molecule has 1 saturated carbocycles. The zero-order chi connectivity index (χ0) is 56.5. The number of likely N-dealkylation sites (tertiary alicyclic amines) is 1. The number of carbonyl (C=O) groups is 2. The van der Waals surface area contributed by atoms with E-state index in [1.54, 1.807) is 40.6 Å². The predicted octanol–water partition coefficient (Wildman–Crippen LogP) is 5.07. The lowest BCUT2D eigenvalue weighted by Gasteiger charge is -2.43. The van der Waals surface area contributed by atoms with Crippen LogP contribution in [0.15, 0.2) is 52.8 Å². The molecule has 2 amide bonds. The summed E-state index contributed by atoms with van der Waals surface area (Å²) in [5.74, 6) is 7.23. The van der Waals surface area contributed by atoms with Gasteiger partial charge >= 0.3 is 16.3 Å². The Bertz CT molecular complexity index is 3310. The average molecular weight is 1140 g/mol. The van der Waals surface area contributed by atoms with E-state index in [-0.39, 0.29) is 47.5 Å². The second kappa shape index (κ2) is 23.5. The molecule has 5 aromatic heterocycles. The van der Waals surface area contributed by atoms with Crippen molar-refractivity contribution in [2.75, 3.05) is 77.2 Å². The Kier molecular flexibility index (Phi) is 16.7. The molecular formula is C56H69N15O6S2Si+. The van der Waals surface area contributed by atoms with Crippen molar-refractivity contribution in [1.29, 1.82) is 5.26 Å². The van der Waals surface area contributed by atoms with Crippen molar-refractivity contribution in [1.82, 2.24) is 55.2 Å². The fourth-order valence-electron chi connectivity index (χ4n) is 12.4. The van der Waals surface area contributed by atoms with E-state index in [4.69, 9.17) is 25.0 Å². The van der Waals surface area contributed by atoms with Crippen molar-refractivity contribution in [2.24, 2.45) is 11.3 Å². The van der Waals surface area contributed by atoms with Crippen LogP contribution in [0.5, 0.6) is 5.88 Å². The molecule has 5 N–H and O–H groups in total. The van der Waals surface area contributed by atoms with Crippen LogP contribution in [0.2, 0.25) is 0 Å². The van der Waals surface area contributed by atoms with E-state index >= 15 is 0 Å². The van der Waals surface area contributed by atoms with Crippen molar-refractivity contribution >= 4 is 55.8 Å². The highest BCUT2D eigenvalue weighted by molar-refractivity contribution is 7.16. The molecule has 24 heteroatoms. The number of carbonyl (C=O) groups excluding carboxylic acids is 2. The third kappa shape index (κ3) is 10.9. The van der Waals surface area contributed by atoms with Crippen LogP contribution >= 0.6 is 22.7 Å². The summed E-state index contributed by atoms with van der Waals surface area (Å²) in [5, 5.41) is 48.7. The lowest BCUT2D eigenvalue weighted by atomic mass is 9.72. The van der Waals surface area contributed by atoms with E-state index < -0.39 is 35.1 Å². The van der Waals surface area contributed by atoms with Gasteiger partial charge in [0, 0.05) is 49.2 Å². The lowest BCUT2D eigenvalue weighted by Crippen LogP contribution is -2.64. The number of nitrogens with one attached hydrogen (secondary N) is 1. The number of nitrogen functional groups attached to an aromatic ring is 1.